The third kappa shape index (κ3) is 1.92. The molecule has 0 saturated heterocycles. The Labute approximate surface area is 104 Å². The van der Waals surface area contributed by atoms with Gasteiger partial charge in [0.1, 0.15) is 11.5 Å². The molecule has 0 bridgehead atoms. The van der Waals surface area contributed by atoms with Gasteiger partial charge in [-0.05, 0) is 12.1 Å². The van der Waals surface area contributed by atoms with Gasteiger partial charge in [-0.25, -0.2) is 4.39 Å². The second-order valence-electron chi connectivity index (χ2n) is 3.89. The van der Waals surface area contributed by atoms with Gasteiger partial charge in [0.2, 0.25) is 0 Å². The van der Waals surface area contributed by atoms with Gasteiger partial charge in [-0.1, -0.05) is 12.1 Å². The van der Waals surface area contributed by atoms with Crippen molar-refractivity contribution in [1.82, 2.24) is 9.78 Å². The first-order chi connectivity index (χ1) is 8.52. The largest absolute Gasteiger partial charge is 0.396 e. The van der Waals surface area contributed by atoms with Crippen LogP contribution in [0.4, 0.5) is 15.8 Å². The van der Waals surface area contributed by atoms with Gasteiger partial charge in [0, 0.05) is 14.1 Å². The highest BCUT2D eigenvalue weighted by atomic mass is 19.1. The molecule has 1 aromatic carbocycles. The molecule has 1 aromatic heterocycles. The van der Waals surface area contributed by atoms with Gasteiger partial charge >= 0.3 is 0 Å². The minimum atomic E-state index is -0.464. The molecule has 0 aliphatic rings. The average molecular weight is 248 g/mol. The molecular formula is C12H13FN4O. The van der Waals surface area contributed by atoms with Gasteiger partial charge in [-0.3, -0.25) is 9.48 Å². The Morgan fingerprint density at radius 3 is 2.67 bits per heavy atom. The summed E-state index contributed by atoms with van der Waals surface area (Å²) in [7, 11) is 3.10. The fraction of sp³-hybridized carbons (Fsp3) is 0.167. The zero-order chi connectivity index (χ0) is 13.3. The number of nitrogen functional groups attached to an aromatic ring is 1. The van der Waals surface area contributed by atoms with Crippen LogP contribution in [0.25, 0.3) is 0 Å². The van der Waals surface area contributed by atoms with Crippen LogP contribution in [-0.2, 0) is 7.05 Å². The van der Waals surface area contributed by atoms with Crippen molar-refractivity contribution < 1.29 is 9.18 Å². The van der Waals surface area contributed by atoms with Crippen LogP contribution >= 0.6 is 0 Å². The van der Waals surface area contributed by atoms with Gasteiger partial charge in [-0.2, -0.15) is 5.10 Å². The Kier molecular flexibility index (Phi) is 3.01. The van der Waals surface area contributed by atoms with Crippen molar-refractivity contribution in [3.05, 3.63) is 42.0 Å². The number of hydrogen-bond donors (Lipinski definition) is 1. The molecule has 0 unspecified atom stereocenters. The molecule has 0 saturated carbocycles. The van der Waals surface area contributed by atoms with Gasteiger partial charge in [0.25, 0.3) is 5.91 Å². The van der Waals surface area contributed by atoms with E-state index < -0.39 is 11.7 Å². The molecule has 2 aromatic rings. The maximum absolute atomic E-state index is 13.6. The summed E-state index contributed by atoms with van der Waals surface area (Å²) in [5, 5.41) is 3.89. The van der Waals surface area contributed by atoms with Crippen molar-refractivity contribution in [3.8, 4) is 0 Å². The Morgan fingerprint density at radius 1 is 1.44 bits per heavy atom. The van der Waals surface area contributed by atoms with Crippen LogP contribution in [0.1, 0.15) is 10.5 Å². The number of aromatic nitrogens is 2. The molecule has 1 amide bonds. The number of hydrogen-bond acceptors (Lipinski definition) is 3. The molecular weight excluding hydrogens is 235 g/mol. The Balaban J connectivity index is 2.39. The first-order valence-corrected chi connectivity index (χ1v) is 5.32. The van der Waals surface area contributed by atoms with Gasteiger partial charge < -0.3 is 10.6 Å². The molecule has 1 heterocycles. The summed E-state index contributed by atoms with van der Waals surface area (Å²) in [4.78, 5) is 13.4. The maximum Gasteiger partial charge on any atom is 0.278 e. The second-order valence-corrected chi connectivity index (χ2v) is 3.89. The predicted octanol–water partition coefficient (Wildman–Crippen LogP) is 1.42. The molecule has 18 heavy (non-hydrogen) atoms. The molecule has 5 nitrogen and oxygen atoms in total. The summed E-state index contributed by atoms with van der Waals surface area (Å²) in [6, 6.07) is 6.05. The number of para-hydroxylation sites is 1. The Bertz CT molecular complexity index is 574. The fourth-order valence-corrected chi connectivity index (χ4v) is 1.71. The van der Waals surface area contributed by atoms with Gasteiger partial charge in [0.15, 0.2) is 0 Å². The van der Waals surface area contributed by atoms with Crippen molar-refractivity contribution in [2.75, 3.05) is 17.7 Å². The zero-order valence-corrected chi connectivity index (χ0v) is 10.1. The van der Waals surface area contributed by atoms with Gasteiger partial charge in [-0.15, -0.1) is 0 Å². The van der Waals surface area contributed by atoms with Crippen LogP contribution in [0.5, 0.6) is 0 Å². The van der Waals surface area contributed by atoms with Crippen LogP contribution in [0.2, 0.25) is 0 Å². The monoisotopic (exact) mass is 248 g/mol. The molecule has 6 heteroatoms. The number of aryl methyl sites for hydroxylation is 1. The van der Waals surface area contributed by atoms with E-state index in [-0.39, 0.29) is 17.1 Å². The summed E-state index contributed by atoms with van der Waals surface area (Å²) in [5.41, 5.74) is 6.37. The van der Waals surface area contributed by atoms with Crippen LogP contribution in [0.15, 0.2) is 30.5 Å². The highest BCUT2D eigenvalue weighted by Crippen LogP contribution is 2.21. The fourth-order valence-electron chi connectivity index (χ4n) is 1.71. The number of carbonyl (C=O) groups excluding carboxylic acids is 1. The van der Waals surface area contributed by atoms with Crippen LogP contribution in [-0.4, -0.2) is 22.7 Å². The highest BCUT2D eigenvalue weighted by Gasteiger charge is 2.21. The Hall–Kier alpha value is -2.37. The quantitative estimate of drug-likeness (QED) is 0.874. The molecule has 94 valence electrons. The number of rotatable bonds is 2. The van der Waals surface area contributed by atoms with E-state index in [0.29, 0.717) is 0 Å². The number of amides is 1. The average Bonchev–Trinajstić information content (AvgIpc) is 2.68. The van der Waals surface area contributed by atoms with Crippen LogP contribution < -0.4 is 10.6 Å². The number of anilines is 2. The van der Waals surface area contributed by atoms with E-state index in [0.717, 1.165) is 0 Å². The molecule has 0 aliphatic carbocycles. The summed E-state index contributed by atoms with van der Waals surface area (Å²) in [6.07, 6.45) is 1.39. The van der Waals surface area contributed by atoms with E-state index in [2.05, 4.69) is 5.10 Å². The van der Waals surface area contributed by atoms with Gasteiger partial charge in [0.05, 0.1) is 17.6 Å². The smallest absolute Gasteiger partial charge is 0.278 e. The first kappa shape index (κ1) is 12.1. The van der Waals surface area contributed by atoms with E-state index >= 15 is 0 Å². The van der Waals surface area contributed by atoms with E-state index in [1.54, 1.807) is 19.2 Å². The lowest BCUT2D eigenvalue weighted by Crippen LogP contribution is -2.29. The van der Waals surface area contributed by atoms with E-state index in [1.165, 1.54) is 35.0 Å². The molecule has 0 spiro atoms. The third-order valence-electron chi connectivity index (χ3n) is 2.69. The molecule has 2 rings (SSSR count). The van der Waals surface area contributed by atoms with Crippen molar-refractivity contribution in [2.45, 2.75) is 0 Å². The normalized spacial score (nSPS) is 10.4. The van der Waals surface area contributed by atoms with Crippen LogP contribution in [0.3, 0.4) is 0 Å². The minimum Gasteiger partial charge on any atom is -0.396 e. The lowest BCUT2D eigenvalue weighted by atomic mass is 10.2. The summed E-state index contributed by atoms with van der Waals surface area (Å²) >= 11 is 0. The molecule has 0 atom stereocenters. The standard InChI is InChI=1S/C12H13FN4O/c1-16(10-6-4-3-5-8(10)13)12(18)11-9(14)7-15-17(11)2/h3-7H,14H2,1-2H3. The van der Waals surface area contributed by atoms with E-state index in [9.17, 15) is 9.18 Å². The minimum absolute atomic E-state index is 0.197. The first-order valence-electron chi connectivity index (χ1n) is 5.32. The molecule has 0 radical (unpaired) electrons. The molecule has 0 aliphatic heterocycles. The number of halogens is 1. The number of carbonyl (C=O) groups is 1. The van der Waals surface area contributed by atoms with E-state index in [4.69, 9.17) is 5.73 Å². The number of benzene rings is 1. The van der Waals surface area contributed by atoms with E-state index in [1.807, 2.05) is 0 Å². The predicted molar refractivity (Wildman–Crippen MR) is 66.8 cm³/mol. The zero-order valence-electron chi connectivity index (χ0n) is 10.1. The lowest BCUT2D eigenvalue weighted by molar-refractivity contribution is 0.0984. The number of nitrogens with zero attached hydrogens (tertiary/aromatic N) is 3. The third-order valence-corrected chi connectivity index (χ3v) is 2.69. The number of nitrogens with two attached hydrogens (primary N) is 1. The second kappa shape index (κ2) is 4.48. The maximum atomic E-state index is 13.6. The van der Waals surface area contributed by atoms with Crippen molar-refractivity contribution in [3.63, 3.8) is 0 Å². The highest BCUT2D eigenvalue weighted by molar-refractivity contribution is 6.07. The molecule has 2 N–H and O–H groups in total. The summed E-state index contributed by atoms with van der Waals surface area (Å²) in [6.45, 7) is 0. The SMILES string of the molecule is CN(C(=O)c1c(N)cnn1C)c1ccccc1F. The topological polar surface area (TPSA) is 64.2 Å². The summed E-state index contributed by atoms with van der Waals surface area (Å²) < 4.78 is 15.0. The van der Waals surface area contributed by atoms with Crippen molar-refractivity contribution in [2.24, 2.45) is 7.05 Å². The lowest BCUT2D eigenvalue weighted by Gasteiger charge is -2.18. The molecule has 0 fully saturated rings. The van der Waals surface area contributed by atoms with Crippen molar-refractivity contribution in [1.29, 1.82) is 0 Å². The van der Waals surface area contributed by atoms with Crippen molar-refractivity contribution >= 4 is 17.3 Å². The van der Waals surface area contributed by atoms with Crippen LogP contribution in [0, 0.1) is 5.82 Å². The Morgan fingerprint density at radius 2 is 2.11 bits per heavy atom. The summed E-state index contributed by atoms with van der Waals surface area (Å²) in [5.74, 6) is -0.869.